The predicted octanol–water partition coefficient (Wildman–Crippen LogP) is 3.07. The highest BCUT2D eigenvalue weighted by Crippen LogP contribution is 2.25. The van der Waals surface area contributed by atoms with E-state index in [9.17, 15) is 4.79 Å². The third-order valence-corrected chi connectivity index (χ3v) is 4.64. The molecule has 0 spiro atoms. The number of H-pyrrole nitrogens is 1. The van der Waals surface area contributed by atoms with Gasteiger partial charge in [-0.25, -0.2) is 4.79 Å². The van der Waals surface area contributed by atoms with Gasteiger partial charge in [-0.3, -0.25) is 5.10 Å². The Morgan fingerprint density at radius 3 is 2.77 bits per heavy atom. The normalized spacial score (nSPS) is 11.4. The number of hydrogen-bond acceptors (Lipinski definition) is 5. The largest absolute Gasteiger partial charge is 0.496 e. The number of nitrogens with zero attached hydrogens (tertiary/aromatic N) is 2. The number of oxime groups is 1. The number of halogens is 3. The molecule has 116 valence electrons. The lowest BCUT2D eigenvalue weighted by Gasteiger charge is -2.07. The van der Waals surface area contributed by atoms with E-state index in [2.05, 4.69) is 47.2 Å². The highest BCUT2D eigenvalue weighted by Gasteiger charge is 2.19. The molecule has 0 saturated heterocycles. The van der Waals surface area contributed by atoms with Gasteiger partial charge in [0.1, 0.15) is 10.4 Å². The molecule has 1 heterocycles. The maximum absolute atomic E-state index is 11.9. The molecule has 0 radical (unpaired) electrons. The molecule has 10 heteroatoms. The van der Waals surface area contributed by atoms with E-state index in [4.69, 9.17) is 26.9 Å². The van der Waals surface area contributed by atoms with Crippen molar-refractivity contribution >= 4 is 55.3 Å². The topological polar surface area (TPSA) is 103 Å². The third kappa shape index (κ3) is 3.60. The molecule has 0 saturated carbocycles. The number of carbonyl (C=O) groups excluding carboxylic acids is 1. The zero-order chi connectivity index (χ0) is 16.3. The van der Waals surface area contributed by atoms with Crippen LogP contribution in [0.4, 0.5) is 0 Å². The molecule has 0 fully saturated rings. The summed E-state index contributed by atoms with van der Waals surface area (Å²) in [4.78, 5) is 16.6. The van der Waals surface area contributed by atoms with E-state index in [1.54, 1.807) is 18.2 Å². The van der Waals surface area contributed by atoms with Crippen molar-refractivity contribution in [2.75, 3.05) is 7.11 Å². The Bertz CT molecular complexity index is 748. The van der Waals surface area contributed by atoms with Crippen LogP contribution < -0.4 is 10.5 Å². The fourth-order valence-electron chi connectivity index (χ4n) is 1.51. The summed E-state index contributed by atoms with van der Waals surface area (Å²) in [5.41, 5.74) is 6.23. The smallest absolute Gasteiger partial charge is 0.387 e. The number of carbonyl (C=O) groups is 1. The molecule has 0 atom stereocenters. The maximum atomic E-state index is 11.9. The van der Waals surface area contributed by atoms with E-state index >= 15 is 0 Å². The van der Waals surface area contributed by atoms with Crippen molar-refractivity contribution < 1.29 is 14.4 Å². The van der Waals surface area contributed by atoms with Crippen LogP contribution in [-0.4, -0.2) is 29.1 Å². The van der Waals surface area contributed by atoms with Gasteiger partial charge in [0.05, 0.1) is 17.1 Å². The predicted molar refractivity (Wildman–Crippen MR) is 88.1 cm³/mol. The van der Waals surface area contributed by atoms with Crippen LogP contribution >= 0.6 is 43.5 Å². The molecule has 0 aliphatic carbocycles. The summed E-state index contributed by atoms with van der Waals surface area (Å²) >= 11 is 12.2. The zero-order valence-electron chi connectivity index (χ0n) is 11.1. The lowest BCUT2D eigenvalue weighted by Crippen LogP contribution is -2.16. The summed E-state index contributed by atoms with van der Waals surface area (Å²) in [6.07, 6.45) is 0. The summed E-state index contributed by atoms with van der Waals surface area (Å²) < 4.78 is 6.07. The van der Waals surface area contributed by atoms with Gasteiger partial charge >= 0.3 is 5.97 Å². The molecular formula is C12H9Br2ClN4O3. The molecule has 3 N–H and O–H groups in total. The van der Waals surface area contributed by atoms with Gasteiger partial charge in [0.15, 0.2) is 11.5 Å². The van der Waals surface area contributed by atoms with E-state index in [1.165, 1.54) is 7.11 Å². The number of aromatic amines is 1. The van der Waals surface area contributed by atoms with Gasteiger partial charge in [-0.15, -0.1) is 0 Å². The van der Waals surface area contributed by atoms with Gasteiger partial charge in [-0.1, -0.05) is 16.8 Å². The van der Waals surface area contributed by atoms with Crippen molar-refractivity contribution in [1.82, 2.24) is 10.2 Å². The number of aromatic nitrogens is 2. The molecule has 0 unspecified atom stereocenters. The van der Waals surface area contributed by atoms with Crippen LogP contribution in [0.2, 0.25) is 5.02 Å². The second-order valence-electron chi connectivity index (χ2n) is 3.90. The Balaban J connectivity index is 2.21. The lowest BCUT2D eigenvalue weighted by molar-refractivity contribution is 0.0508. The Morgan fingerprint density at radius 2 is 2.18 bits per heavy atom. The number of rotatable bonds is 4. The van der Waals surface area contributed by atoms with Gasteiger partial charge in [0.25, 0.3) is 0 Å². The van der Waals surface area contributed by atoms with Gasteiger partial charge in [0, 0.05) is 5.02 Å². The number of nitrogens with one attached hydrogen (secondary N) is 1. The van der Waals surface area contributed by atoms with Crippen LogP contribution in [0.1, 0.15) is 16.1 Å². The first-order chi connectivity index (χ1) is 10.4. The van der Waals surface area contributed by atoms with Crippen LogP contribution in [0.5, 0.6) is 5.75 Å². The molecule has 2 aromatic rings. The third-order valence-electron chi connectivity index (χ3n) is 2.52. The van der Waals surface area contributed by atoms with Crippen LogP contribution in [0.15, 0.2) is 32.4 Å². The van der Waals surface area contributed by atoms with Crippen LogP contribution in [-0.2, 0) is 4.84 Å². The second-order valence-corrected chi connectivity index (χ2v) is 5.92. The standard InChI is InChI=1S/C12H9Br2ClN4O3/c1-21-7-3-2-5(15)4-6(7)11(16)19-22-12(20)9-8(13)10(14)18-17-9/h2-4H,1H3,(H2,16,19)(H,17,18). The van der Waals surface area contributed by atoms with E-state index in [0.29, 0.717) is 25.4 Å². The van der Waals surface area contributed by atoms with Gasteiger partial charge in [0.2, 0.25) is 0 Å². The monoisotopic (exact) mass is 450 g/mol. The van der Waals surface area contributed by atoms with Gasteiger partial charge in [-0.05, 0) is 50.1 Å². The molecule has 7 nitrogen and oxygen atoms in total. The first-order valence-electron chi connectivity index (χ1n) is 5.72. The fourth-order valence-corrected chi connectivity index (χ4v) is 2.29. The summed E-state index contributed by atoms with van der Waals surface area (Å²) in [6.45, 7) is 0. The zero-order valence-corrected chi connectivity index (χ0v) is 15.0. The summed E-state index contributed by atoms with van der Waals surface area (Å²) in [5.74, 6) is -0.387. The highest BCUT2D eigenvalue weighted by molar-refractivity contribution is 9.13. The first-order valence-corrected chi connectivity index (χ1v) is 7.68. The lowest BCUT2D eigenvalue weighted by atomic mass is 10.2. The fraction of sp³-hybridized carbons (Fsp3) is 0.0833. The molecule has 1 aromatic heterocycles. The van der Waals surface area contributed by atoms with Crippen molar-refractivity contribution in [2.24, 2.45) is 10.9 Å². The minimum atomic E-state index is -0.780. The van der Waals surface area contributed by atoms with Crippen molar-refractivity contribution in [2.45, 2.75) is 0 Å². The van der Waals surface area contributed by atoms with Crippen molar-refractivity contribution in [3.8, 4) is 5.75 Å². The quantitative estimate of drug-likeness (QED) is 0.321. The maximum Gasteiger partial charge on any atom is 0.387 e. The second kappa shape index (κ2) is 7.12. The summed E-state index contributed by atoms with van der Waals surface area (Å²) in [5, 5.41) is 10.4. The number of hydrogen-bond donors (Lipinski definition) is 2. The van der Waals surface area contributed by atoms with Crippen molar-refractivity contribution in [3.63, 3.8) is 0 Å². The highest BCUT2D eigenvalue weighted by atomic mass is 79.9. The molecule has 0 bridgehead atoms. The van der Waals surface area contributed by atoms with Gasteiger partial charge in [-0.2, -0.15) is 5.10 Å². The number of methoxy groups -OCH3 is 1. The summed E-state index contributed by atoms with van der Waals surface area (Å²) in [7, 11) is 1.48. The minimum Gasteiger partial charge on any atom is -0.496 e. The Hall–Kier alpha value is -1.58. The van der Waals surface area contributed by atoms with E-state index in [0.717, 1.165) is 0 Å². The van der Waals surface area contributed by atoms with E-state index < -0.39 is 5.97 Å². The van der Waals surface area contributed by atoms with Crippen molar-refractivity contribution in [1.29, 1.82) is 0 Å². The van der Waals surface area contributed by atoms with E-state index in [1.807, 2.05) is 0 Å². The number of nitrogens with two attached hydrogens (primary N) is 1. The van der Waals surface area contributed by atoms with Crippen LogP contribution in [0.3, 0.4) is 0 Å². The molecule has 2 rings (SSSR count). The molecule has 22 heavy (non-hydrogen) atoms. The van der Waals surface area contributed by atoms with Crippen LogP contribution in [0, 0.1) is 0 Å². The average Bonchev–Trinajstić information content (AvgIpc) is 2.84. The molecule has 0 aliphatic rings. The number of amidine groups is 1. The SMILES string of the molecule is COc1ccc(Cl)cc1/C(N)=N/OC(=O)c1n[nH]c(Br)c1Br. The number of ether oxygens (including phenoxy) is 1. The summed E-state index contributed by atoms with van der Waals surface area (Å²) in [6, 6.07) is 4.82. The van der Waals surface area contributed by atoms with E-state index in [-0.39, 0.29) is 11.5 Å². The van der Waals surface area contributed by atoms with Crippen LogP contribution in [0.25, 0.3) is 0 Å². The minimum absolute atomic E-state index is 0.0292. The molecular weight excluding hydrogens is 443 g/mol. The Labute approximate surface area is 147 Å². The van der Waals surface area contributed by atoms with Crippen molar-refractivity contribution in [3.05, 3.63) is 43.6 Å². The molecule has 0 aliphatic heterocycles. The first kappa shape index (κ1) is 16.8. The molecule has 0 amide bonds. The Kier molecular flexibility index (Phi) is 5.43. The molecule has 1 aromatic carbocycles. The number of benzene rings is 1. The Morgan fingerprint density at radius 1 is 1.45 bits per heavy atom. The average molecular weight is 452 g/mol. The van der Waals surface area contributed by atoms with Gasteiger partial charge < -0.3 is 15.3 Å².